The van der Waals surface area contributed by atoms with Gasteiger partial charge in [0.15, 0.2) is 0 Å². The van der Waals surface area contributed by atoms with Crippen LogP contribution in [0.5, 0.6) is 5.75 Å². The average Bonchev–Trinajstić information content (AvgIpc) is 3.86. The number of piperidine rings is 1. The van der Waals surface area contributed by atoms with E-state index in [1.54, 1.807) is 7.11 Å². The SMILES string of the molecule is CCOCCn1c(NC2CCN(CCC3(c4ccccc4)CCN(C(=O)c4cc(-n5c(C)nnc5C)ccc4OC)C3)CC2)nc2ccccc21. The van der Waals surface area contributed by atoms with Gasteiger partial charge in [0.2, 0.25) is 5.95 Å². The van der Waals surface area contributed by atoms with Gasteiger partial charge in [0, 0.05) is 56.5 Å². The Kier molecular flexibility index (Phi) is 10.4. The van der Waals surface area contributed by atoms with E-state index in [2.05, 4.69) is 73.5 Å². The lowest BCUT2D eigenvalue weighted by Gasteiger charge is -2.36. The van der Waals surface area contributed by atoms with Crippen LogP contribution in [-0.4, -0.2) is 99.1 Å². The number of anilines is 1. The number of aryl methyl sites for hydroxylation is 2. The Bertz CT molecular complexity index is 1930. The number of fused-ring (bicyclic) bond motifs is 1. The van der Waals surface area contributed by atoms with Gasteiger partial charge in [0.05, 0.1) is 30.3 Å². The summed E-state index contributed by atoms with van der Waals surface area (Å²) in [4.78, 5) is 23.8. The number of hydrogen-bond donors (Lipinski definition) is 1. The Morgan fingerprint density at radius 1 is 0.941 bits per heavy atom. The minimum atomic E-state index is -0.121. The maximum absolute atomic E-state index is 14.3. The largest absolute Gasteiger partial charge is 0.496 e. The van der Waals surface area contributed by atoms with E-state index in [9.17, 15) is 4.79 Å². The zero-order valence-electron chi connectivity index (χ0n) is 30.3. The van der Waals surface area contributed by atoms with E-state index >= 15 is 0 Å². The number of para-hydroxylation sites is 2. The van der Waals surface area contributed by atoms with Gasteiger partial charge in [-0.1, -0.05) is 42.5 Å². The first-order valence-corrected chi connectivity index (χ1v) is 18.3. The minimum absolute atomic E-state index is 0.00551. The Balaban J connectivity index is 1.02. The normalized spacial score (nSPS) is 18.5. The number of amides is 1. The lowest BCUT2D eigenvalue weighted by molar-refractivity contribution is 0.0776. The fourth-order valence-corrected chi connectivity index (χ4v) is 8.00. The molecule has 268 valence electrons. The van der Waals surface area contributed by atoms with Crippen LogP contribution in [0.4, 0.5) is 5.95 Å². The quantitative estimate of drug-likeness (QED) is 0.150. The van der Waals surface area contributed by atoms with Crippen molar-refractivity contribution in [2.24, 2.45) is 0 Å². The van der Waals surface area contributed by atoms with E-state index in [1.165, 1.54) is 5.56 Å². The molecule has 1 N–H and O–H groups in total. The fraction of sp³-hybridized carbons (Fsp3) is 0.450. The van der Waals surface area contributed by atoms with E-state index in [-0.39, 0.29) is 11.3 Å². The van der Waals surface area contributed by atoms with Crippen LogP contribution >= 0.6 is 0 Å². The van der Waals surface area contributed by atoms with Gasteiger partial charge in [-0.3, -0.25) is 9.36 Å². The Morgan fingerprint density at radius 2 is 1.69 bits per heavy atom. The average molecular weight is 691 g/mol. The summed E-state index contributed by atoms with van der Waals surface area (Å²) in [6, 6.07) is 25.2. The molecular weight excluding hydrogens is 640 g/mol. The summed E-state index contributed by atoms with van der Waals surface area (Å²) in [6.45, 7) is 12.4. The summed E-state index contributed by atoms with van der Waals surface area (Å²) < 4.78 is 15.6. The number of benzene rings is 3. The third kappa shape index (κ3) is 7.23. The molecule has 1 amide bonds. The first-order chi connectivity index (χ1) is 24.9. The molecule has 4 heterocycles. The Hall–Kier alpha value is -4.74. The van der Waals surface area contributed by atoms with Crippen LogP contribution in [0.2, 0.25) is 0 Å². The number of ether oxygens (including phenoxy) is 2. The molecule has 1 atom stereocenters. The lowest BCUT2D eigenvalue weighted by atomic mass is 9.76. The van der Waals surface area contributed by atoms with Crippen LogP contribution in [0.3, 0.4) is 0 Å². The van der Waals surface area contributed by atoms with Crippen LogP contribution in [0.1, 0.15) is 60.2 Å². The number of carbonyl (C=O) groups is 1. The van der Waals surface area contributed by atoms with Crippen LogP contribution in [0.15, 0.2) is 72.8 Å². The number of aromatic nitrogens is 5. The first-order valence-electron chi connectivity index (χ1n) is 18.3. The van der Waals surface area contributed by atoms with Gasteiger partial charge in [-0.25, -0.2) is 4.98 Å². The van der Waals surface area contributed by atoms with Crippen LogP contribution in [0, 0.1) is 13.8 Å². The summed E-state index contributed by atoms with van der Waals surface area (Å²) in [5.74, 6) is 3.05. The predicted molar refractivity (Wildman–Crippen MR) is 200 cm³/mol. The van der Waals surface area contributed by atoms with Gasteiger partial charge >= 0.3 is 0 Å². The number of likely N-dealkylation sites (tertiary alicyclic amines) is 2. The number of imidazole rings is 1. The molecule has 2 aromatic heterocycles. The smallest absolute Gasteiger partial charge is 0.257 e. The van der Waals surface area contributed by atoms with Crippen LogP contribution < -0.4 is 10.1 Å². The monoisotopic (exact) mass is 690 g/mol. The second-order valence-electron chi connectivity index (χ2n) is 13.9. The third-order valence-electron chi connectivity index (χ3n) is 10.8. The highest BCUT2D eigenvalue weighted by molar-refractivity contribution is 5.98. The molecular formula is C40H50N8O3. The molecule has 11 nitrogen and oxygen atoms in total. The van der Waals surface area contributed by atoms with Crippen molar-refractivity contribution in [1.29, 1.82) is 0 Å². The standard InChI is InChI=1S/C40H50N8O3/c1-5-51-26-25-47-36-14-10-9-13-35(36)42-39(47)41-32-17-21-45(22-18-32)23-19-40(31-11-7-6-8-12-31)20-24-46(28-40)38(49)34-27-33(15-16-37(34)50-4)48-29(2)43-44-30(48)3/h6-16,27,32H,5,17-26,28H2,1-4H3,(H,41,42). The van der Waals surface area contributed by atoms with Crippen molar-refractivity contribution >= 4 is 22.9 Å². The number of carbonyl (C=O) groups excluding carboxylic acids is 1. The van der Waals surface area contributed by atoms with Crippen molar-refractivity contribution in [2.45, 2.75) is 64.5 Å². The van der Waals surface area contributed by atoms with Crippen molar-refractivity contribution in [3.8, 4) is 11.4 Å². The molecule has 51 heavy (non-hydrogen) atoms. The van der Waals surface area contributed by atoms with E-state index in [1.807, 2.05) is 54.5 Å². The summed E-state index contributed by atoms with van der Waals surface area (Å²) in [5.41, 5.74) is 4.75. The van der Waals surface area contributed by atoms with Gasteiger partial charge in [0.25, 0.3) is 5.91 Å². The molecule has 2 fully saturated rings. The highest BCUT2D eigenvalue weighted by Crippen LogP contribution is 2.39. The van der Waals surface area contributed by atoms with Gasteiger partial charge in [0.1, 0.15) is 17.4 Å². The molecule has 2 aliphatic heterocycles. The van der Waals surface area contributed by atoms with Crippen molar-refractivity contribution in [3.05, 3.63) is 95.6 Å². The molecule has 0 radical (unpaired) electrons. The number of rotatable bonds is 13. The molecule has 5 aromatic rings. The van der Waals surface area contributed by atoms with E-state index in [0.717, 1.165) is 86.2 Å². The Labute approximate surface area is 300 Å². The van der Waals surface area contributed by atoms with Gasteiger partial charge in [-0.05, 0) is 88.9 Å². The topological polar surface area (TPSA) is 103 Å². The molecule has 2 aliphatic rings. The molecule has 11 heteroatoms. The Morgan fingerprint density at radius 3 is 2.43 bits per heavy atom. The number of nitrogens with zero attached hydrogens (tertiary/aromatic N) is 7. The maximum atomic E-state index is 14.3. The van der Waals surface area contributed by atoms with E-state index in [0.29, 0.717) is 43.7 Å². The summed E-state index contributed by atoms with van der Waals surface area (Å²) >= 11 is 0. The molecule has 0 spiro atoms. The molecule has 7 rings (SSSR count). The highest BCUT2D eigenvalue weighted by Gasteiger charge is 2.42. The summed E-state index contributed by atoms with van der Waals surface area (Å²) in [5, 5.41) is 12.2. The third-order valence-corrected chi connectivity index (χ3v) is 10.8. The number of nitrogens with one attached hydrogen (secondary N) is 1. The number of hydrogen-bond acceptors (Lipinski definition) is 8. The maximum Gasteiger partial charge on any atom is 0.257 e. The van der Waals surface area contributed by atoms with Crippen molar-refractivity contribution in [1.82, 2.24) is 34.1 Å². The molecule has 3 aromatic carbocycles. The van der Waals surface area contributed by atoms with Crippen molar-refractivity contribution in [2.75, 3.05) is 58.4 Å². The van der Waals surface area contributed by atoms with E-state index < -0.39 is 0 Å². The lowest BCUT2D eigenvalue weighted by Crippen LogP contribution is -2.42. The second-order valence-corrected chi connectivity index (χ2v) is 13.9. The molecule has 0 saturated carbocycles. The molecule has 0 aliphatic carbocycles. The van der Waals surface area contributed by atoms with Gasteiger partial charge in [-0.2, -0.15) is 0 Å². The van der Waals surface area contributed by atoms with Crippen molar-refractivity contribution in [3.63, 3.8) is 0 Å². The molecule has 1 unspecified atom stereocenters. The zero-order chi connectivity index (χ0) is 35.4. The van der Waals surface area contributed by atoms with Crippen LogP contribution in [0.25, 0.3) is 16.7 Å². The van der Waals surface area contributed by atoms with Gasteiger partial charge < -0.3 is 29.2 Å². The molecule has 0 bridgehead atoms. The second kappa shape index (κ2) is 15.2. The summed E-state index contributed by atoms with van der Waals surface area (Å²) in [6.07, 6.45) is 4.02. The summed E-state index contributed by atoms with van der Waals surface area (Å²) in [7, 11) is 1.62. The van der Waals surface area contributed by atoms with Crippen LogP contribution in [-0.2, 0) is 16.7 Å². The molecule has 2 saturated heterocycles. The number of methoxy groups -OCH3 is 1. The van der Waals surface area contributed by atoms with Crippen molar-refractivity contribution < 1.29 is 14.3 Å². The predicted octanol–water partition coefficient (Wildman–Crippen LogP) is 6.03. The highest BCUT2D eigenvalue weighted by atomic mass is 16.5. The fourth-order valence-electron chi connectivity index (χ4n) is 8.00. The van der Waals surface area contributed by atoms with Gasteiger partial charge in [-0.15, -0.1) is 10.2 Å². The van der Waals surface area contributed by atoms with E-state index in [4.69, 9.17) is 14.5 Å². The first kappa shape index (κ1) is 34.7. The minimum Gasteiger partial charge on any atom is -0.496 e. The zero-order valence-corrected chi connectivity index (χ0v) is 30.3.